The second-order valence-corrected chi connectivity index (χ2v) is 40.5. The lowest BCUT2D eigenvalue weighted by Crippen LogP contribution is -2.30. The topological polar surface area (TPSA) is 3.24 Å². The third-order valence-electron chi connectivity index (χ3n) is 31.5. The van der Waals surface area contributed by atoms with Crippen LogP contribution in [0.4, 0.5) is 11.4 Å². The van der Waals surface area contributed by atoms with Crippen LogP contribution in [-0.2, 0) is 74.0 Å². The molecule has 0 bridgehead atoms. The van der Waals surface area contributed by atoms with Crippen molar-refractivity contribution in [3.8, 4) is 66.8 Å². The molecule has 128 heavy (non-hydrogen) atoms. The molecule has 0 N–H and O–H groups in total. The largest absolute Gasteiger partial charge is 0.344 e. The zero-order chi connectivity index (χ0) is 88.3. The van der Waals surface area contributed by atoms with E-state index in [-0.39, 0.29) is 5.41 Å². The normalized spacial score (nSPS) is 14.2. The van der Waals surface area contributed by atoms with Crippen LogP contribution in [0.5, 0.6) is 0 Å². The lowest BCUT2D eigenvalue weighted by atomic mass is 9.65. The van der Waals surface area contributed by atoms with Crippen LogP contribution in [0.3, 0.4) is 0 Å². The molecule has 0 atom stereocenters. The highest BCUT2D eigenvalue weighted by atomic mass is 15.1. The molecule has 0 unspecified atom stereocenters. The first-order valence-electron chi connectivity index (χ1n) is 52.1. The minimum atomic E-state index is -0.675. The van der Waals surface area contributed by atoms with Crippen LogP contribution in [0.1, 0.15) is 376 Å². The fourth-order valence-electron chi connectivity index (χ4n) is 24.3. The summed E-state index contributed by atoms with van der Waals surface area (Å²) in [6.45, 7) is 23.5. The van der Waals surface area contributed by atoms with Crippen molar-refractivity contribution in [3.63, 3.8) is 0 Å². The molecule has 5 aliphatic rings. The van der Waals surface area contributed by atoms with Crippen LogP contribution in [0.25, 0.3) is 66.8 Å². The summed E-state index contributed by atoms with van der Waals surface area (Å²) < 4.78 is 0. The molecule has 664 valence electrons. The van der Waals surface area contributed by atoms with Gasteiger partial charge in [-0.25, -0.2) is 0 Å². The molecule has 0 amide bonds. The molecule has 17 rings (SSSR count). The summed E-state index contributed by atoms with van der Waals surface area (Å²) in [5.74, 6) is 0. The molecular weight excluding hydrogens is 1540 g/mol. The second-order valence-electron chi connectivity index (χ2n) is 40.5. The maximum absolute atomic E-state index is 2.79. The summed E-state index contributed by atoms with van der Waals surface area (Å²) >= 11 is 0. The first-order chi connectivity index (χ1) is 62.8. The first-order valence-corrected chi connectivity index (χ1v) is 52.1. The van der Waals surface area contributed by atoms with E-state index in [9.17, 15) is 0 Å². The SMILES string of the molecule is CCCCCCCCC1(CCCCCCCC)c2cc(-c3ccc(N(C)c4c(C)cc(CCCC)cc4C)cc3)ccc2-c2ccc(-c3ccc4c(c3)C(c3cc(CCCCCC)cc(CCCCCC)c3)(c3cc(CCCCCC)cc(CCCCCC)c3)c3cc(-c5ccc6c(c5)C(c5ccc7c(c5)CC7)(c5ccc7c(c5)CC7)c5cc(C)ccc5-6)ccc3-4)cc21. The highest BCUT2D eigenvalue weighted by Crippen LogP contribution is 2.63. The van der Waals surface area contributed by atoms with E-state index in [4.69, 9.17) is 0 Å². The molecule has 0 aliphatic heterocycles. The average molecular weight is 1690 g/mol. The average Bonchev–Trinajstić information content (AvgIpc) is 1.53. The van der Waals surface area contributed by atoms with Crippen molar-refractivity contribution in [2.75, 3.05) is 11.9 Å². The molecule has 0 radical (unpaired) electrons. The van der Waals surface area contributed by atoms with Gasteiger partial charge in [0.2, 0.25) is 0 Å². The Labute approximate surface area is 774 Å². The van der Waals surface area contributed by atoms with Gasteiger partial charge in [0.15, 0.2) is 0 Å². The lowest BCUT2D eigenvalue weighted by molar-refractivity contribution is 0.398. The van der Waals surface area contributed by atoms with Gasteiger partial charge in [0, 0.05) is 23.8 Å². The van der Waals surface area contributed by atoms with Crippen molar-refractivity contribution >= 4 is 11.4 Å². The summed E-state index contributed by atoms with van der Waals surface area (Å²) in [6, 6.07) is 93.0. The molecule has 12 aromatic rings. The van der Waals surface area contributed by atoms with Crippen LogP contribution in [0.15, 0.2) is 218 Å². The van der Waals surface area contributed by atoms with Gasteiger partial charge in [-0.3, -0.25) is 0 Å². The van der Waals surface area contributed by atoms with Crippen molar-refractivity contribution in [2.24, 2.45) is 0 Å². The Morgan fingerprint density at radius 3 is 0.898 bits per heavy atom. The van der Waals surface area contributed by atoms with Crippen molar-refractivity contribution in [3.05, 3.63) is 341 Å². The number of hydrogen-bond donors (Lipinski definition) is 0. The minimum absolute atomic E-state index is 0.142. The molecule has 12 aromatic carbocycles. The summed E-state index contributed by atoms with van der Waals surface area (Å²) in [5.41, 5.74) is 49.8. The van der Waals surface area contributed by atoms with E-state index < -0.39 is 10.8 Å². The first kappa shape index (κ1) is 90.4. The zero-order valence-corrected chi connectivity index (χ0v) is 80.7. The van der Waals surface area contributed by atoms with E-state index >= 15 is 0 Å². The van der Waals surface area contributed by atoms with Crippen LogP contribution < -0.4 is 4.90 Å². The number of nitrogens with zero attached hydrogens (tertiary/aromatic N) is 1. The van der Waals surface area contributed by atoms with Gasteiger partial charge in [0.05, 0.1) is 10.8 Å². The Bertz CT molecular complexity index is 5640. The monoisotopic (exact) mass is 1690 g/mol. The fraction of sp³-hybridized carbons (Fsp3) is 0.433. The van der Waals surface area contributed by atoms with Gasteiger partial charge in [-0.2, -0.15) is 0 Å². The number of anilines is 2. The van der Waals surface area contributed by atoms with Gasteiger partial charge in [-0.15, -0.1) is 0 Å². The van der Waals surface area contributed by atoms with Gasteiger partial charge in [0.1, 0.15) is 0 Å². The Balaban J connectivity index is 0.871. The molecular formula is C127H151N. The molecule has 0 heterocycles. The number of rotatable bonds is 46. The molecule has 5 aliphatic carbocycles. The molecule has 0 saturated heterocycles. The lowest BCUT2D eigenvalue weighted by Gasteiger charge is -2.37. The summed E-state index contributed by atoms with van der Waals surface area (Å²) in [7, 11) is 2.27. The highest BCUT2D eigenvalue weighted by Gasteiger charge is 2.51. The van der Waals surface area contributed by atoms with Gasteiger partial charge in [0.25, 0.3) is 0 Å². The summed E-state index contributed by atoms with van der Waals surface area (Å²) in [6.07, 6.45) is 50.3. The number of fused-ring (bicyclic) bond motifs is 11. The maximum Gasteiger partial charge on any atom is 0.0714 e. The third kappa shape index (κ3) is 18.1. The van der Waals surface area contributed by atoms with E-state index in [0.29, 0.717) is 0 Å². The predicted molar refractivity (Wildman–Crippen MR) is 553 cm³/mol. The third-order valence-corrected chi connectivity index (χ3v) is 31.5. The summed E-state index contributed by atoms with van der Waals surface area (Å²) in [4.78, 5) is 2.43. The Morgan fingerprint density at radius 1 is 0.234 bits per heavy atom. The minimum Gasteiger partial charge on any atom is -0.344 e. The molecule has 0 fully saturated rings. The number of aryl methyl sites for hydroxylation is 12. The molecule has 1 nitrogen and oxygen atoms in total. The van der Waals surface area contributed by atoms with Crippen LogP contribution in [-0.4, -0.2) is 7.05 Å². The highest BCUT2D eigenvalue weighted by molar-refractivity contribution is 5.94. The molecule has 0 saturated carbocycles. The van der Waals surface area contributed by atoms with Crippen molar-refractivity contribution in [2.45, 2.75) is 349 Å². The van der Waals surface area contributed by atoms with Crippen LogP contribution in [0, 0.1) is 20.8 Å². The Kier molecular flexibility index (Phi) is 29.1. The van der Waals surface area contributed by atoms with Crippen LogP contribution >= 0.6 is 0 Å². The molecule has 0 spiro atoms. The van der Waals surface area contributed by atoms with Crippen molar-refractivity contribution in [1.82, 2.24) is 0 Å². The van der Waals surface area contributed by atoms with Gasteiger partial charge in [-0.1, -0.05) is 390 Å². The second kappa shape index (κ2) is 41.3. The Morgan fingerprint density at radius 2 is 0.531 bits per heavy atom. The van der Waals surface area contributed by atoms with Gasteiger partial charge >= 0.3 is 0 Å². The number of hydrogen-bond acceptors (Lipinski definition) is 1. The Hall–Kier alpha value is -9.56. The van der Waals surface area contributed by atoms with Crippen molar-refractivity contribution < 1.29 is 0 Å². The zero-order valence-electron chi connectivity index (χ0n) is 80.7. The maximum atomic E-state index is 2.79. The van der Waals surface area contributed by atoms with E-state index in [0.717, 1.165) is 57.8 Å². The van der Waals surface area contributed by atoms with E-state index in [1.54, 1.807) is 11.1 Å². The molecule has 1 heteroatoms. The van der Waals surface area contributed by atoms with Gasteiger partial charge in [-0.05, 0) is 350 Å². The van der Waals surface area contributed by atoms with Gasteiger partial charge < -0.3 is 4.90 Å². The van der Waals surface area contributed by atoms with E-state index in [1.807, 2.05) is 0 Å². The van der Waals surface area contributed by atoms with E-state index in [1.165, 1.54) is 395 Å². The predicted octanol–water partition coefficient (Wildman–Crippen LogP) is 35.9. The smallest absolute Gasteiger partial charge is 0.0714 e. The molecule has 0 aromatic heterocycles. The quantitative estimate of drug-likeness (QED) is 0.0344. The number of benzene rings is 12. The van der Waals surface area contributed by atoms with E-state index in [2.05, 4.69) is 300 Å². The van der Waals surface area contributed by atoms with Crippen LogP contribution in [0.2, 0.25) is 0 Å². The summed E-state index contributed by atoms with van der Waals surface area (Å²) in [5, 5.41) is 0. The number of unbranched alkanes of at least 4 members (excludes halogenated alkanes) is 23. The fourth-order valence-corrected chi connectivity index (χ4v) is 24.3. The van der Waals surface area contributed by atoms with Crippen molar-refractivity contribution in [1.29, 1.82) is 0 Å². The standard InChI is InChI=1S/C127H151N/c1-12-19-26-32-34-40-71-125(72-41-35-33-27-20-13-2)118-84-102(99-54-63-111(64-55-99)128(11)124-90(9)74-92(42-25-18-7)75-91(124)10)56-66-112(118)113-67-57-103(85-119(113)125)104-58-69-116-117-70-60-106(105-59-68-115-114-65-47-89(8)73-120(114)126(121(115)86-105,107-61-52-97-48-50-100(97)82-107)108-62-53-98-49-51-101(98)83-108)88-123(117)127(122(116)87-104,109-78-93(43-36-28-21-14-3)76-94(79-109)44-37-29-22-15-4)110-80-95(45-38-30-23-16-5)77-96(81-110)46-39-31-24-17-6/h47,52-70,73-88H,12-46,48-51,71-72H2,1-11H3.